The third-order valence-corrected chi connectivity index (χ3v) is 5.94. The first kappa shape index (κ1) is 12.7. The molecule has 2 bridgehead atoms. The molecule has 0 aliphatic heterocycles. The maximum absolute atomic E-state index is 5.38. The molecule has 2 saturated carbocycles. The summed E-state index contributed by atoms with van der Waals surface area (Å²) < 4.78 is 5.38. The van der Waals surface area contributed by atoms with E-state index in [2.05, 4.69) is 23.5 Å². The number of fused-ring (bicyclic) bond motifs is 3. The maximum Gasteiger partial charge on any atom is 0.119 e. The van der Waals surface area contributed by atoms with Gasteiger partial charge >= 0.3 is 0 Å². The Kier molecular flexibility index (Phi) is 3.22. The Bertz CT molecular complexity index is 498. The topological polar surface area (TPSA) is 21.3 Å². The van der Waals surface area contributed by atoms with Crippen LogP contribution in [0.1, 0.15) is 49.3 Å². The molecule has 1 aromatic rings. The zero-order valence-electron chi connectivity index (χ0n) is 12.4. The van der Waals surface area contributed by atoms with Crippen LogP contribution < -0.4 is 10.1 Å². The first-order valence-electron chi connectivity index (χ1n) is 8.23. The van der Waals surface area contributed by atoms with E-state index >= 15 is 0 Å². The number of methoxy groups -OCH3 is 1. The Morgan fingerprint density at radius 1 is 1.20 bits per heavy atom. The lowest BCUT2D eigenvalue weighted by molar-refractivity contribution is 0.306. The number of hydrogen-bond donors (Lipinski definition) is 1. The Morgan fingerprint density at radius 2 is 2.15 bits per heavy atom. The molecule has 0 amide bonds. The Balaban J connectivity index is 1.41. The van der Waals surface area contributed by atoms with E-state index in [0.29, 0.717) is 6.04 Å². The predicted octanol–water partition coefficient (Wildman–Crippen LogP) is 3.71. The summed E-state index contributed by atoms with van der Waals surface area (Å²) in [7, 11) is 1.76. The van der Waals surface area contributed by atoms with Crippen LogP contribution >= 0.6 is 0 Å². The predicted molar refractivity (Wildman–Crippen MR) is 81.0 cm³/mol. The van der Waals surface area contributed by atoms with Crippen molar-refractivity contribution in [2.45, 2.75) is 44.6 Å². The molecule has 3 aliphatic carbocycles. The van der Waals surface area contributed by atoms with Crippen molar-refractivity contribution in [1.82, 2.24) is 5.32 Å². The minimum absolute atomic E-state index is 0.555. The van der Waals surface area contributed by atoms with Crippen LogP contribution in [0, 0.1) is 17.8 Å². The van der Waals surface area contributed by atoms with Gasteiger partial charge in [0.25, 0.3) is 0 Å². The van der Waals surface area contributed by atoms with Gasteiger partial charge in [-0.05, 0) is 79.7 Å². The lowest BCUT2D eigenvalue weighted by atomic mass is 9.88. The van der Waals surface area contributed by atoms with Crippen molar-refractivity contribution in [2.75, 3.05) is 13.7 Å². The molecule has 0 saturated heterocycles. The van der Waals surface area contributed by atoms with Crippen molar-refractivity contribution in [1.29, 1.82) is 0 Å². The molecule has 2 fully saturated rings. The Hall–Kier alpha value is -1.02. The van der Waals surface area contributed by atoms with E-state index in [4.69, 9.17) is 4.74 Å². The number of hydrogen-bond acceptors (Lipinski definition) is 2. The molecule has 3 aliphatic rings. The second-order valence-electron chi connectivity index (χ2n) is 7.00. The van der Waals surface area contributed by atoms with Gasteiger partial charge in [0.2, 0.25) is 0 Å². The monoisotopic (exact) mass is 271 g/mol. The van der Waals surface area contributed by atoms with Crippen LogP contribution in [0.5, 0.6) is 5.75 Å². The summed E-state index contributed by atoms with van der Waals surface area (Å²) >= 11 is 0. The standard InChI is InChI=1S/C18H25NO/c1-20-16-6-4-13-5-7-18(17(13)10-16)19-11-15-9-12-2-3-14(15)8-12/h4,6,10,12,14-15,18-19H,2-3,5,7-9,11H2,1H3. The fraction of sp³-hybridized carbons (Fsp3) is 0.667. The SMILES string of the molecule is COc1ccc2c(c1)C(NCC1CC3CCC1C3)CC2. The number of benzene rings is 1. The largest absolute Gasteiger partial charge is 0.497 e. The summed E-state index contributed by atoms with van der Waals surface area (Å²) in [5.41, 5.74) is 2.99. The molecule has 4 atom stereocenters. The zero-order valence-corrected chi connectivity index (χ0v) is 12.4. The summed E-state index contributed by atoms with van der Waals surface area (Å²) in [5.74, 6) is 4.03. The van der Waals surface area contributed by atoms with Gasteiger partial charge in [-0.2, -0.15) is 0 Å². The first-order chi connectivity index (χ1) is 9.83. The molecule has 0 radical (unpaired) electrons. The van der Waals surface area contributed by atoms with E-state index in [-0.39, 0.29) is 0 Å². The molecule has 20 heavy (non-hydrogen) atoms. The minimum Gasteiger partial charge on any atom is -0.497 e. The highest BCUT2D eigenvalue weighted by Crippen LogP contribution is 2.48. The molecule has 2 nitrogen and oxygen atoms in total. The fourth-order valence-electron chi connectivity index (χ4n) is 4.84. The van der Waals surface area contributed by atoms with E-state index in [1.807, 2.05) is 0 Å². The molecule has 0 heterocycles. The van der Waals surface area contributed by atoms with Gasteiger partial charge in [0, 0.05) is 6.04 Å². The maximum atomic E-state index is 5.38. The van der Waals surface area contributed by atoms with Crippen LogP contribution in [-0.2, 0) is 6.42 Å². The van der Waals surface area contributed by atoms with Gasteiger partial charge in [-0.15, -0.1) is 0 Å². The highest BCUT2D eigenvalue weighted by atomic mass is 16.5. The number of rotatable bonds is 4. The van der Waals surface area contributed by atoms with Gasteiger partial charge in [-0.1, -0.05) is 12.5 Å². The van der Waals surface area contributed by atoms with Gasteiger partial charge in [0.05, 0.1) is 7.11 Å². The van der Waals surface area contributed by atoms with Crippen LogP contribution in [0.15, 0.2) is 18.2 Å². The second-order valence-corrected chi connectivity index (χ2v) is 7.00. The summed E-state index contributed by atoms with van der Waals surface area (Å²) in [6.07, 6.45) is 8.46. The van der Waals surface area contributed by atoms with Gasteiger partial charge in [0.1, 0.15) is 5.75 Å². The highest BCUT2D eigenvalue weighted by molar-refractivity contribution is 5.40. The third kappa shape index (κ3) is 2.14. The summed E-state index contributed by atoms with van der Waals surface area (Å²) in [5, 5.41) is 3.86. The van der Waals surface area contributed by atoms with Gasteiger partial charge in [-0.25, -0.2) is 0 Å². The molecule has 1 aromatic carbocycles. The number of ether oxygens (including phenoxy) is 1. The fourth-order valence-corrected chi connectivity index (χ4v) is 4.84. The Morgan fingerprint density at radius 3 is 2.90 bits per heavy atom. The average molecular weight is 271 g/mol. The van der Waals surface area contributed by atoms with Gasteiger partial charge in [0.15, 0.2) is 0 Å². The Labute approximate surface area is 121 Å². The van der Waals surface area contributed by atoms with Gasteiger partial charge < -0.3 is 10.1 Å². The van der Waals surface area contributed by atoms with Crippen LogP contribution in [0.3, 0.4) is 0 Å². The van der Waals surface area contributed by atoms with Crippen molar-refractivity contribution >= 4 is 0 Å². The summed E-state index contributed by atoms with van der Waals surface area (Å²) in [4.78, 5) is 0. The van der Waals surface area contributed by atoms with Gasteiger partial charge in [-0.3, -0.25) is 0 Å². The smallest absolute Gasteiger partial charge is 0.119 e. The van der Waals surface area contributed by atoms with Crippen molar-refractivity contribution in [3.8, 4) is 5.75 Å². The minimum atomic E-state index is 0.555. The summed E-state index contributed by atoms with van der Waals surface area (Å²) in [6, 6.07) is 7.13. The second kappa shape index (κ2) is 5.07. The molecular formula is C18H25NO. The van der Waals surface area contributed by atoms with Crippen molar-refractivity contribution < 1.29 is 4.74 Å². The normalized spacial score (nSPS) is 34.5. The van der Waals surface area contributed by atoms with Crippen LogP contribution in [0.25, 0.3) is 0 Å². The molecule has 1 N–H and O–H groups in total. The molecule has 4 rings (SSSR count). The highest BCUT2D eigenvalue weighted by Gasteiger charge is 2.39. The molecule has 0 aromatic heterocycles. The molecule has 4 unspecified atom stereocenters. The van der Waals surface area contributed by atoms with E-state index in [9.17, 15) is 0 Å². The van der Waals surface area contributed by atoms with Crippen molar-refractivity contribution in [2.24, 2.45) is 17.8 Å². The van der Waals surface area contributed by atoms with E-state index in [0.717, 1.165) is 23.5 Å². The molecule has 0 spiro atoms. The quantitative estimate of drug-likeness (QED) is 0.901. The van der Waals surface area contributed by atoms with Crippen molar-refractivity contribution in [3.05, 3.63) is 29.3 Å². The lowest BCUT2D eigenvalue weighted by Gasteiger charge is -2.24. The van der Waals surface area contributed by atoms with Crippen LogP contribution in [0.2, 0.25) is 0 Å². The zero-order chi connectivity index (χ0) is 13.5. The molecule has 108 valence electrons. The number of aryl methyl sites for hydroxylation is 1. The average Bonchev–Trinajstić information content (AvgIpc) is 3.19. The third-order valence-electron chi connectivity index (χ3n) is 5.94. The lowest BCUT2D eigenvalue weighted by Crippen LogP contribution is -2.29. The van der Waals surface area contributed by atoms with Crippen molar-refractivity contribution in [3.63, 3.8) is 0 Å². The number of nitrogens with one attached hydrogen (secondary N) is 1. The first-order valence-corrected chi connectivity index (χ1v) is 8.23. The van der Waals surface area contributed by atoms with Crippen LogP contribution in [0.4, 0.5) is 0 Å². The molecule has 2 heteroatoms. The van der Waals surface area contributed by atoms with E-state index in [1.165, 1.54) is 56.2 Å². The summed E-state index contributed by atoms with van der Waals surface area (Å²) in [6.45, 7) is 1.22. The molecular weight excluding hydrogens is 246 g/mol. The van der Waals surface area contributed by atoms with E-state index < -0.39 is 0 Å². The van der Waals surface area contributed by atoms with Crippen LogP contribution in [-0.4, -0.2) is 13.7 Å². The van der Waals surface area contributed by atoms with E-state index in [1.54, 1.807) is 7.11 Å².